The number of amides is 3. The van der Waals surface area contributed by atoms with Crippen LogP contribution in [0.4, 0.5) is 4.79 Å². The van der Waals surface area contributed by atoms with Crippen molar-refractivity contribution in [2.75, 3.05) is 13.2 Å². The zero-order valence-electron chi connectivity index (χ0n) is 16.9. The molecule has 1 atom stereocenters. The molecule has 0 radical (unpaired) electrons. The van der Waals surface area contributed by atoms with Crippen molar-refractivity contribution in [2.24, 2.45) is 0 Å². The van der Waals surface area contributed by atoms with Gasteiger partial charge in [-0.25, -0.2) is 4.79 Å². The average molecular weight is 388 g/mol. The van der Waals surface area contributed by atoms with E-state index in [9.17, 15) is 9.59 Å². The van der Waals surface area contributed by atoms with Gasteiger partial charge in [0.2, 0.25) is 0 Å². The van der Waals surface area contributed by atoms with Crippen LogP contribution < -0.4 is 10.1 Å². The molecule has 3 aromatic rings. The number of ether oxygens (including phenoxy) is 1. The van der Waals surface area contributed by atoms with Gasteiger partial charge in [0.1, 0.15) is 17.9 Å². The number of nitrogens with one attached hydrogen (secondary N) is 1. The minimum atomic E-state index is -1.10. The summed E-state index contributed by atoms with van der Waals surface area (Å²) in [6.07, 6.45) is 0. The van der Waals surface area contributed by atoms with Crippen molar-refractivity contribution in [3.05, 3.63) is 77.4 Å². The molecule has 3 amide bonds. The highest BCUT2D eigenvalue weighted by molar-refractivity contribution is 6.09. The quantitative estimate of drug-likeness (QED) is 0.663. The van der Waals surface area contributed by atoms with Gasteiger partial charge in [0, 0.05) is 0 Å². The van der Waals surface area contributed by atoms with Gasteiger partial charge in [-0.05, 0) is 54.3 Å². The summed E-state index contributed by atoms with van der Waals surface area (Å²) in [7, 11) is 0. The Hall–Kier alpha value is -3.34. The minimum Gasteiger partial charge on any atom is -0.491 e. The molecule has 1 saturated heterocycles. The van der Waals surface area contributed by atoms with Gasteiger partial charge in [0.15, 0.2) is 0 Å². The molecule has 5 heteroatoms. The van der Waals surface area contributed by atoms with Gasteiger partial charge >= 0.3 is 6.03 Å². The summed E-state index contributed by atoms with van der Waals surface area (Å²) in [6.45, 7) is 6.17. The fourth-order valence-corrected chi connectivity index (χ4v) is 3.85. The highest BCUT2D eigenvalue weighted by atomic mass is 16.5. The number of nitrogens with zero attached hydrogens (tertiary/aromatic N) is 1. The lowest BCUT2D eigenvalue weighted by atomic mass is 9.88. The molecular weight excluding hydrogens is 364 g/mol. The maximum absolute atomic E-state index is 13.2. The third kappa shape index (κ3) is 3.33. The van der Waals surface area contributed by atoms with Gasteiger partial charge in [0.05, 0.1) is 6.54 Å². The number of imide groups is 1. The molecule has 0 bridgehead atoms. The molecule has 0 saturated carbocycles. The van der Waals surface area contributed by atoms with Crippen molar-refractivity contribution in [3.8, 4) is 5.75 Å². The molecule has 1 N–H and O–H groups in total. The third-order valence-corrected chi connectivity index (χ3v) is 5.52. The summed E-state index contributed by atoms with van der Waals surface area (Å²) in [4.78, 5) is 27.1. The highest BCUT2D eigenvalue weighted by Crippen LogP contribution is 2.33. The van der Waals surface area contributed by atoms with E-state index in [1.807, 2.05) is 74.5 Å². The summed E-state index contributed by atoms with van der Waals surface area (Å²) in [6, 6.07) is 19.3. The van der Waals surface area contributed by atoms with Crippen LogP contribution in [0.15, 0.2) is 60.7 Å². The number of rotatable bonds is 5. The van der Waals surface area contributed by atoms with Crippen LogP contribution in [0.1, 0.15) is 23.6 Å². The fourth-order valence-electron chi connectivity index (χ4n) is 3.85. The van der Waals surface area contributed by atoms with E-state index in [-0.39, 0.29) is 19.1 Å². The monoisotopic (exact) mass is 388 g/mol. The first kappa shape index (κ1) is 19.0. The van der Waals surface area contributed by atoms with E-state index in [4.69, 9.17) is 4.74 Å². The van der Waals surface area contributed by atoms with Gasteiger partial charge in [0.25, 0.3) is 5.91 Å². The molecule has 29 heavy (non-hydrogen) atoms. The molecule has 3 aromatic carbocycles. The van der Waals surface area contributed by atoms with E-state index in [0.717, 1.165) is 33.2 Å². The van der Waals surface area contributed by atoms with Crippen LogP contribution in [-0.4, -0.2) is 30.0 Å². The summed E-state index contributed by atoms with van der Waals surface area (Å²) < 4.78 is 5.85. The van der Waals surface area contributed by atoms with Gasteiger partial charge in [-0.1, -0.05) is 54.6 Å². The lowest BCUT2D eigenvalue weighted by Gasteiger charge is -2.24. The Labute approximate surface area is 170 Å². The Morgan fingerprint density at radius 3 is 2.59 bits per heavy atom. The topological polar surface area (TPSA) is 58.6 Å². The van der Waals surface area contributed by atoms with E-state index in [2.05, 4.69) is 5.32 Å². The number of hydrogen-bond donors (Lipinski definition) is 1. The predicted molar refractivity (Wildman–Crippen MR) is 113 cm³/mol. The first-order valence-corrected chi connectivity index (χ1v) is 9.72. The number of aryl methyl sites for hydroxylation is 2. The molecule has 0 aliphatic carbocycles. The van der Waals surface area contributed by atoms with Gasteiger partial charge in [-0.2, -0.15) is 0 Å². The molecule has 0 aromatic heterocycles. The summed E-state index contributed by atoms with van der Waals surface area (Å²) >= 11 is 0. The maximum atomic E-state index is 13.2. The lowest BCUT2D eigenvalue weighted by molar-refractivity contribution is -0.131. The molecule has 5 nitrogen and oxygen atoms in total. The molecule has 4 rings (SSSR count). The Bertz CT molecular complexity index is 1100. The van der Waals surface area contributed by atoms with Crippen LogP contribution in [-0.2, 0) is 10.3 Å². The van der Waals surface area contributed by atoms with E-state index in [1.165, 1.54) is 4.90 Å². The summed E-state index contributed by atoms with van der Waals surface area (Å²) in [5, 5.41) is 4.88. The van der Waals surface area contributed by atoms with Crippen LogP contribution in [0, 0.1) is 13.8 Å². The van der Waals surface area contributed by atoms with E-state index >= 15 is 0 Å². The van der Waals surface area contributed by atoms with E-state index < -0.39 is 11.6 Å². The molecule has 148 valence electrons. The van der Waals surface area contributed by atoms with Crippen LogP contribution in [0.5, 0.6) is 5.75 Å². The second-order valence-corrected chi connectivity index (χ2v) is 7.66. The largest absolute Gasteiger partial charge is 0.491 e. The number of carbonyl (C=O) groups is 2. The SMILES string of the molecule is Cc1ccc(C)c(OCCN2C(=O)NC(C)(c3cccc4ccccc34)C2=O)c1. The lowest BCUT2D eigenvalue weighted by Crippen LogP contribution is -2.41. The zero-order chi connectivity index (χ0) is 20.6. The third-order valence-electron chi connectivity index (χ3n) is 5.52. The van der Waals surface area contributed by atoms with Crippen molar-refractivity contribution in [3.63, 3.8) is 0 Å². The number of carbonyl (C=O) groups excluding carboxylic acids is 2. The Kier molecular flexibility index (Phi) is 4.74. The summed E-state index contributed by atoms with van der Waals surface area (Å²) in [5.41, 5.74) is 1.82. The van der Waals surface area contributed by atoms with Crippen LogP contribution in [0.3, 0.4) is 0 Å². The van der Waals surface area contributed by atoms with Gasteiger partial charge in [-0.3, -0.25) is 9.69 Å². The first-order chi connectivity index (χ1) is 13.9. The Morgan fingerprint density at radius 2 is 1.76 bits per heavy atom. The standard InChI is InChI=1S/C24H24N2O3/c1-16-11-12-17(2)21(15-16)29-14-13-26-22(27)24(3,25-23(26)28)20-10-6-8-18-7-4-5-9-19(18)20/h4-12,15H,13-14H2,1-3H3,(H,25,28). The number of fused-ring (bicyclic) bond motifs is 1. The summed E-state index contributed by atoms with van der Waals surface area (Å²) in [5.74, 6) is 0.511. The minimum absolute atomic E-state index is 0.193. The maximum Gasteiger partial charge on any atom is 0.325 e. The second-order valence-electron chi connectivity index (χ2n) is 7.66. The van der Waals surface area contributed by atoms with E-state index in [0.29, 0.717) is 0 Å². The highest BCUT2D eigenvalue weighted by Gasteiger charge is 2.49. The van der Waals surface area contributed by atoms with Gasteiger partial charge in [-0.15, -0.1) is 0 Å². The fraction of sp³-hybridized carbons (Fsp3) is 0.250. The van der Waals surface area contributed by atoms with Crippen molar-refractivity contribution in [2.45, 2.75) is 26.3 Å². The first-order valence-electron chi connectivity index (χ1n) is 9.72. The molecule has 1 aliphatic rings. The van der Waals surface area contributed by atoms with Crippen LogP contribution in [0.2, 0.25) is 0 Å². The van der Waals surface area contributed by atoms with Crippen molar-refractivity contribution >= 4 is 22.7 Å². The molecular formula is C24H24N2O3. The number of urea groups is 1. The molecule has 1 fully saturated rings. The van der Waals surface area contributed by atoms with Crippen molar-refractivity contribution in [1.29, 1.82) is 0 Å². The molecule has 1 unspecified atom stereocenters. The van der Waals surface area contributed by atoms with Crippen LogP contribution >= 0.6 is 0 Å². The Balaban J connectivity index is 1.54. The van der Waals surface area contributed by atoms with Crippen molar-refractivity contribution < 1.29 is 14.3 Å². The smallest absolute Gasteiger partial charge is 0.325 e. The molecule has 1 aliphatic heterocycles. The zero-order valence-corrected chi connectivity index (χ0v) is 16.9. The average Bonchev–Trinajstić information content (AvgIpc) is 2.93. The van der Waals surface area contributed by atoms with Crippen molar-refractivity contribution in [1.82, 2.24) is 10.2 Å². The molecule has 1 heterocycles. The number of benzene rings is 3. The van der Waals surface area contributed by atoms with Gasteiger partial charge < -0.3 is 10.1 Å². The second kappa shape index (κ2) is 7.24. The molecule has 0 spiro atoms. The predicted octanol–water partition coefficient (Wildman–Crippen LogP) is 4.30. The normalized spacial score (nSPS) is 18.9. The number of hydrogen-bond acceptors (Lipinski definition) is 3. The van der Waals surface area contributed by atoms with Crippen LogP contribution in [0.25, 0.3) is 10.8 Å². The van der Waals surface area contributed by atoms with E-state index in [1.54, 1.807) is 6.92 Å². The Morgan fingerprint density at radius 1 is 1.00 bits per heavy atom.